The Morgan fingerprint density at radius 2 is 1.96 bits per heavy atom. The zero-order valence-corrected chi connectivity index (χ0v) is 16.0. The number of hydrogen-bond donors (Lipinski definition) is 0. The lowest BCUT2D eigenvalue weighted by Crippen LogP contribution is -2.40. The molecular weight excluding hydrogens is 358 g/mol. The van der Waals surface area contributed by atoms with Crippen LogP contribution in [0.3, 0.4) is 0 Å². The van der Waals surface area contributed by atoms with Crippen molar-refractivity contribution in [2.24, 2.45) is 0 Å². The molecule has 0 spiro atoms. The van der Waals surface area contributed by atoms with Gasteiger partial charge in [-0.2, -0.15) is 0 Å². The van der Waals surface area contributed by atoms with E-state index >= 15 is 0 Å². The van der Waals surface area contributed by atoms with Crippen LogP contribution in [0.5, 0.6) is 17.2 Å². The Labute approximate surface area is 163 Å². The average molecular weight is 381 g/mol. The molecule has 28 heavy (non-hydrogen) atoms. The lowest BCUT2D eigenvalue weighted by Gasteiger charge is -2.31. The number of rotatable bonds is 6. The van der Waals surface area contributed by atoms with Crippen molar-refractivity contribution in [2.75, 3.05) is 26.8 Å². The van der Waals surface area contributed by atoms with Gasteiger partial charge < -0.3 is 18.6 Å². The first-order valence-electron chi connectivity index (χ1n) is 9.38. The fourth-order valence-electron chi connectivity index (χ4n) is 3.46. The maximum Gasteiger partial charge on any atom is 0.336 e. The molecule has 0 bridgehead atoms. The fraction of sp³-hybridized carbons (Fsp3) is 0.318. The third kappa shape index (κ3) is 3.82. The van der Waals surface area contributed by atoms with Gasteiger partial charge in [-0.3, -0.25) is 4.90 Å². The molecule has 4 rings (SSSR count). The lowest BCUT2D eigenvalue weighted by molar-refractivity contribution is 0.0581. The molecule has 6 heteroatoms. The molecule has 3 aromatic rings. The molecule has 1 aromatic heterocycles. The standard InChI is InChI=1S/C22H23NO5/c1-3-23(13-17-14-26-19-6-4-5-7-20(19)27-17)12-15-10-22(24)28-21-11-16(25-2)8-9-18(15)21/h4-11,17H,3,12-14H2,1-2H3/t17-/m1/s1. The van der Waals surface area contributed by atoms with Crippen LogP contribution >= 0.6 is 0 Å². The summed E-state index contributed by atoms with van der Waals surface area (Å²) in [6, 6.07) is 14.8. The molecule has 0 amide bonds. The summed E-state index contributed by atoms with van der Waals surface area (Å²) in [5, 5.41) is 0.907. The van der Waals surface area contributed by atoms with Crippen molar-refractivity contribution in [2.45, 2.75) is 19.6 Å². The van der Waals surface area contributed by atoms with Crippen LogP contribution in [-0.2, 0) is 6.54 Å². The molecule has 0 fully saturated rings. The fourth-order valence-corrected chi connectivity index (χ4v) is 3.46. The number of para-hydroxylation sites is 2. The van der Waals surface area contributed by atoms with Gasteiger partial charge in [0.25, 0.3) is 0 Å². The van der Waals surface area contributed by atoms with Crippen molar-refractivity contribution in [3.8, 4) is 17.2 Å². The van der Waals surface area contributed by atoms with Crippen LogP contribution in [0, 0.1) is 0 Å². The molecule has 6 nitrogen and oxygen atoms in total. The van der Waals surface area contributed by atoms with Crippen molar-refractivity contribution in [3.63, 3.8) is 0 Å². The molecule has 2 aromatic carbocycles. The maximum atomic E-state index is 12.0. The predicted molar refractivity (Wildman–Crippen MR) is 106 cm³/mol. The van der Waals surface area contributed by atoms with E-state index < -0.39 is 0 Å². The Bertz CT molecular complexity index is 1030. The highest BCUT2D eigenvalue weighted by atomic mass is 16.6. The number of likely N-dealkylation sites (N-methyl/N-ethyl adjacent to an activating group) is 1. The van der Waals surface area contributed by atoms with Crippen LogP contribution in [0.15, 0.2) is 57.7 Å². The Morgan fingerprint density at radius 1 is 1.14 bits per heavy atom. The van der Waals surface area contributed by atoms with E-state index in [0.29, 0.717) is 31.0 Å². The summed E-state index contributed by atoms with van der Waals surface area (Å²) < 4.78 is 22.5. The topological polar surface area (TPSA) is 61.1 Å². The minimum Gasteiger partial charge on any atom is -0.497 e. The summed E-state index contributed by atoms with van der Waals surface area (Å²) in [6.07, 6.45) is -0.0682. The van der Waals surface area contributed by atoms with E-state index in [1.165, 1.54) is 0 Å². The summed E-state index contributed by atoms with van der Waals surface area (Å²) in [5.74, 6) is 2.21. The van der Waals surface area contributed by atoms with Crippen LogP contribution in [0.2, 0.25) is 0 Å². The lowest BCUT2D eigenvalue weighted by atomic mass is 10.1. The number of ether oxygens (including phenoxy) is 3. The normalized spacial score (nSPS) is 15.8. The van der Waals surface area contributed by atoms with Gasteiger partial charge in [-0.25, -0.2) is 4.79 Å². The number of nitrogens with zero attached hydrogens (tertiary/aromatic N) is 1. The molecule has 0 radical (unpaired) electrons. The van der Waals surface area contributed by atoms with E-state index in [1.807, 2.05) is 36.4 Å². The van der Waals surface area contributed by atoms with Gasteiger partial charge in [-0.1, -0.05) is 19.1 Å². The highest BCUT2D eigenvalue weighted by Gasteiger charge is 2.23. The number of methoxy groups -OCH3 is 1. The molecule has 0 saturated carbocycles. The average Bonchev–Trinajstić information content (AvgIpc) is 2.72. The summed E-state index contributed by atoms with van der Waals surface area (Å²) in [4.78, 5) is 14.3. The zero-order chi connectivity index (χ0) is 19.5. The number of hydrogen-bond acceptors (Lipinski definition) is 6. The second kappa shape index (κ2) is 7.94. The molecule has 2 heterocycles. The zero-order valence-electron chi connectivity index (χ0n) is 16.0. The summed E-state index contributed by atoms with van der Waals surface area (Å²) in [7, 11) is 1.59. The molecule has 0 aliphatic carbocycles. The highest BCUT2D eigenvalue weighted by molar-refractivity contribution is 5.81. The van der Waals surface area contributed by atoms with Crippen LogP contribution in [0.25, 0.3) is 11.0 Å². The molecule has 0 unspecified atom stereocenters. The molecule has 1 aliphatic rings. The number of fused-ring (bicyclic) bond motifs is 2. The van der Waals surface area contributed by atoms with Gasteiger partial charge in [0.1, 0.15) is 24.0 Å². The van der Waals surface area contributed by atoms with Crippen molar-refractivity contribution in [3.05, 3.63) is 64.5 Å². The number of benzene rings is 2. The van der Waals surface area contributed by atoms with E-state index in [0.717, 1.165) is 29.0 Å². The third-order valence-electron chi connectivity index (χ3n) is 4.91. The van der Waals surface area contributed by atoms with E-state index in [1.54, 1.807) is 19.2 Å². The van der Waals surface area contributed by atoms with Crippen molar-refractivity contribution in [1.29, 1.82) is 0 Å². The minimum absolute atomic E-state index is 0.0682. The molecular formula is C22H23NO5. The van der Waals surface area contributed by atoms with E-state index in [-0.39, 0.29) is 11.7 Å². The van der Waals surface area contributed by atoms with Gasteiger partial charge >= 0.3 is 5.63 Å². The van der Waals surface area contributed by atoms with Crippen LogP contribution in [-0.4, -0.2) is 37.8 Å². The van der Waals surface area contributed by atoms with Crippen molar-refractivity contribution in [1.82, 2.24) is 4.90 Å². The monoisotopic (exact) mass is 381 g/mol. The molecule has 0 saturated heterocycles. The van der Waals surface area contributed by atoms with E-state index in [2.05, 4.69) is 11.8 Å². The van der Waals surface area contributed by atoms with Gasteiger partial charge in [-0.05, 0) is 36.4 Å². The Morgan fingerprint density at radius 3 is 2.75 bits per heavy atom. The van der Waals surface area contributed by atoms with Crippen LogP contribution in [0.4, 0.5) is 0 Å². The first-order chi connectivity index (χ1) is 13.7. The molecule has 146 valence electrons. The van der Waals surface area contributed by atoms with Gasteiger partial charge in [0.2, 0.25) is 0 Å². The summed E-state index contributed by atoms with van der Waals surface area (Å²) in [5.41, 5.74) is 1.09. The van der Waals surface area contributed by atoms with Gasteiger partial charge in [0.15, 0.2) is 11.5 Å². The quantitative estimate of drug-likeness (QED) is 0.610. The first-order valence-corrected chi connectivity index (χ1v) is 9.38. The Balaban J connectivity index is 1.53. The van der Waals surface area contributed by atoms with Crippen molar-refractivity contribution < 1.29 is 18.6 Å². The van der Waals surface area contributed by atoms with Gasteiger partial charge in [0.05, 0.1) is 7.11 Å². The molecule has 1 atom stereocenters. The molecule has 0 N–H and O–H groups in total. The second-order valence-electron chi connectivity index (χ2n) is 6.78. The van der Waals surface area contributed by atoms with E-state index in [4.69, 9.17) is 18.6 Å². The first kappa shape index (κ1) is 18.4. The van der Waals surface area contributed by atoms with Gasteiger partial charge in [0, 0.05) is 30.6 Å². The molecule has 1 aliphatic heterocycles. The van der Waals surface area contributed by atoms with Crippen molar-refractivity contribution >= 4 is 11.0 Å². The smallest absolute Gasteiger partial charge is 0.336 e. The van der Waals surface area contributed by atoms with Crippen LogP contribution in [0.1, 0.15) is 12.5 Å². The Hall–Kier alpha value is -2.99. The minimum atomic E-state index is -0.363. The summed E-state index contributed by atoms with van der Waals surface area (Å²) >= 11 is 0. The predicted octanol–water partition coefficient (Wildman–Crippen LogP) is 3.46. The third-order valence-corrected chi connectivity index (χ3v) is 4.91. The van der Waals surface area contributed by atoms with E-state index in [9.17, 15) is 4.79 Å². The highest BCUT2D eigenvalue weighted by Crippen LogP contribution is 2.31. The largest absolute Gasteiger partial charge is 0.497 e. The Kier molecular flexibility index (Phi) is 5.21. The second-order valence-corrected chi connectivity index (χ2v) is 6.78. The van der Waals surface area contributed by atoms with Crippen LogP contribution < -0.4 is 19.8 Å². The maximum absolute atomic E-state index is 12.0. The summed E-state index contributed by atoms with van der Waals surface area (Å²) in [6.45, 7) is 4.73. The van der Waals surface area contributed by atoms with Gasteiger partial charge in [-0.15, -0.1) is 0 Å². The SMILES string of the molecule is CCN(Cc1cc(=O)oc2cc(OC)ccc12)C[C@@H]1COc2ccccc2O1.